The zero-order chi connectivity index (χ0) is 12.9. The number of hydrogen-bond donors (Lipinski definition) is 0. The molecule has 0 aliphatic carbocycles. The number of aromatic nitrogens is 1. The summed E-state index contributed by atoms with van der Waals surface area (Å²) in [4.78, 5) is 9.52. The van der Waals surface area contributed by atoms with Gasteiger partial charge in [-0.3, -0.25) is 4.98 Å². The Hall–Kier alpha value is -1.13. The minimum atomic E-state index is 0.543. The van der Waals surface area contributed by atoms with Gasteiger partial charge in [0.2, 0.25) is 0 Å². The molecular formula is C15H19N3S. The summed E-state index contributed by atoms with van der Waals surface area (Å²) in [5.74, 6) is 0. The number of fused-ring (bicyclic) bond motifs is 1. The van der Waals surface area contributed by atoms with Crippen molar-refractivity contribution in [3.63, 3.8) is 0 Å². The average Bonchev–Trinajstić information content (AvgIpc) is 3.10. The van der Waals surface area contributed by atoms with Crippen molar-refractivity contribution in [1.29, 1.82) is 0 Å². The van der Waals surface area contributed by atoms with Crippen molar-refractivity contribution in [3.05, 3.63) is 23.7 Å². The Balaban J connectivity index is 1.66. The highest BCUT2D eigenvalue weighted by Gasteiger charge is 2.42. The smallest absolute Gasteiger partial charge is 0.0830 e. The number of likely N-dealkylation sites (tertiary alicyclic amines) is 1. The molecule has 19 heavy (non-hydrogen) atoms. The summed E-state index contributed by atoms with van der Waals surface area (Å²) in [5.41, 5.74) is 3.08. The van der Waals surface area contributed by atoms with Gasteiger partial charge < -0.3 is 9.80 Å². The molecule has 0 saturated carbocycles. The van der Waals surface area contributed by atoms with Crippen molar-refractivity contribution < 1.29 is 0 Å². The average molecular weight is 273 g/mol. The molecule has 2 fully saturated rings. The van der Waals surface area contributed by atoms with Gasteiger partial charge in [0, 0.05) is 31.2 Å². The van der Waals surface area contributed by atoms with E-state index in [9.17, 15) is 0 Å². The summed E-state index contributed by atoms with van der Waals surface area (Å²) >= 11 is 1.82. The first kappa shape index (κ1) is 11.7. The zero-order valence-electron chi connectivity index (χ0n) is 11.3. The Labute approximate surface area is 117 Å². The lowest BCUT2D eigenvalue weighted by molar-refractivity contribution is 0.312. The van der Waals surface area contributed by atoms with Gasteiger partial charge in [0.25, 0.3) is 0 Å². The molecule has 1 unspecified atom stereocenters. The highest BCUT2D eigenvalue weighted by atomic mass is 32.1. The SMILES string of the molecule is CN1CCC2(CCN(c3ccnc4ccsc34)C2)C1. The summed E-state index contributed by atoms with van der Waals surface area (Å²) in [6.07, 6.45) is 4.65. The maximum atomic E-state index is 4.45. The van der Waals surface area contributed by atoms with Crippen LogP contribution in [0.4, 0.5) is 5.69 Å². The second-order valence-corrected chi connectivity index (χ2v) is 7.04. The van der Waals surface area contributed by atoms with E-state index in [1.165, 1.54) is 49.4 Å². The maximum Gasteiger partial charge on any atom is 0.0830 e. The van der Waals surface area contributed by atoms with Crippen LogP contribution in [-0.4, -0.2) is 43.1 Å². The second-order valence-electron chi connectivity index (χ2n) is 6.12. The fourth-order valence-corrected chi connectivity index (χ4v) is 4.63. The molecule has 4 heterocycles. The van der Waals surface area contributed by atoms with Crippen molar-refractivity contribution in [2.75, 3.05) is 38.1 Å². The van der Waals surface area contributed by atoms with E-state index in [1.54, 1.807) is 0 Å². The minimum absolute atomic E-state index is 0.543. The Kier molecular flexibility index (Phi) is 2.57. The number of thiophene rings is 1. The largest absolute Gasteiger partial charge is 0.370 e. The molecule has 0 amide bonds. The van der Waals surface area contributed by atoms with Gasteiger partial charge in [0.1, 0.15) is 0 Å². The van der Waals surface area contributed by atoms with Crippen molar-refractivity contribution in [2.45, 2.75) is 12.8 Å². The van der Waals surface area contributed by atoms with Crippen LogP contribution in [0.2, 0.25) is 0 Å². The molecule has 2 aliphatic heterocycles. The Bertz CT molecular complexity index is 608. The zero-order valence-corrected chi connectivity index (χ0v) is 12.1. The van der Waals surface area contributed by atoms with Crippen LogP contribution in [0.3, 0.4) is 0 Å². The summed E-state index contributed by atoms with van der Waals surface area (Å²) in [5, 5.41) is 2.15. The van der Waals surface area contributed by atoms with Gasteiger partial charge in [-0.05, 0) is 43.9 Å². The molecule has 100 valence electrons. The highest BCUT2D eigenvalue weighted by molar-refractivity contribution is 7.17. The molecule has 2 aromatic heterocycles. The van der Waals surface area contributed by atoms with Gasteiger partial charge in [0.05, 0.1) is 15.9 Å². The predicted molar refractivity (Wildman–Crippen MR) is 81.0 cm³/mol. The third-order valence-corrected chi connectivity index (χ3v) is 5.66. The molecule has 0 bridgehead atoms. The van der Waals surface area contributed by atoms with Gasteiger partial charge >= 0.3 is 0 Å². The summed E-state index contributed by atoms with van der Waals surface area (Å²) in [6.45, 7) is 4.94. The van der Waals surface area contributed by atoms with Gasteiger partial charge in [-0.15, -0.1) is 11.3 Å². The summed E-state index contributed by atoms with van der Waals surface area (Å²) in [7, 11) is 2.25. The number of anilines is 1. The molecule has 0 aromatic carbocycles. The van der Waals surface area contributed by atoms with Crippen molar-refractivity contribution in [3.8, 4) is 0 Å². The molecule has 3 nitrogen and oxygen atoms in total. The monoisotopic (exact) mass is 273 g/mol. The second kappa shape index (κ2) is 4.18. The predicted octanol–water partition coefficient (Wildman–Crippen LogP) is 2.83. The van der Waals surface area contributed by atoms with Crippen LogP contribution < -0.4 is 4.90 Å². The molecule has 4 heteroatoms. The number of pyridine rings is 1. The van der Waals surface area contributed by atoms with Crippen LogP contribution in [0.25, 0.3) is 10.2 Å². The standard InChI is InChI=1S/C15H19N3S/c1-17-7-4-15(10-17)5-8-18(11-15)13-2-6-16-12-3-9-19-14(12)13/h2-3,6,9H,4-5,7-8,10-11H2,1H3. The van der Waals surface area contributed by atoms with Gasteiger partial charge in [-0.25, -0.2) is 0 Å². The van der Waals surface area contributed by atoms with E-state index in [4.69, 9.17) is 0 Å². The van der Waals surface area contributed by atoms with Gasteiger partial charge in [-0.2, -0.15) is 0 Å². The summed E-state index contributed by atoms with van der Waals surface area (Å²) < 4.78 is 1.35. The van der Waals surface area contributed by atoms with Crippen LogP contribution >= 0.6 is 11.3 Å². The Morgan fingerprint density at radius 2 is 2.11 bits per heavy atom. The van der Waals surface area contributed by atoms with E-state index >= 15 is 0 Å². The minimum Gasteiger partial charge on any atom is -0.370 e. The molecule has 2 saturated heterocycles. The molecule has 2 aliphatic rings. The quantitative estimate of drug-likeness (QED) is 0.796. The highest BCUT2D eigenvalue weighted by Crippen LogP contribution is 2.42. The van der Waals surface area contributed by atoms with Crippen LogP contribution in [0, 0.1) is 5.41 Å². The third kappa shape index (κ3) is 1.85. The van der Waals surface area contributed by atoms with E-state index < -0.39 is 0 Å². The first-order valence-electron chi connectivity index (χ1n) is 7.02. The first-order chi connectivity index (χ1) is 9.26. The first-order valence-corrected chi connectivity index (χ1v) is 7.90. The van der Waals surface area contributed by atoms with E-state index in [1.807, 2.05) is 17.5 Å². The van der Waals surface area contributed by atoms with Crippen molar-refractivity contribution in [1.82, 2.24) is 9.88 Å². The van der Waals surface area contributed by atoms with E-state index in [0.29, 0.717) is 5.41 Å². The number of rotatable bonds is 1. The topological polar surface area (TPSA) is 19.4 Å². The lowest BCUT2D eigenvalue weighted by atomic mass is 9.86. The molecule has 1 spiro atoms. The Morgan fingerprint density at radius 3 is 2.95 bits per heavy atom. The lowest BCUT2D eigenvalue weighted by Gasteiger charge is -2.25. The van der Waals surface area contributed by atoms with Gasteiger partial charge in [-0.1, -0.05) is 0 Å². The van der Waals surface area contributed by atoms with Crippen molar-refractivity contribution in [2.24, 2.45) is 5.41 Å². The molecule has 0 N–H and O–H groups in total. The van der Waals surface area contributed by atoms with Crippen LogP contribution in [0.1, 0.15) is 12.8 Å². The number of nitrogens with zero attached hydrogens (tertiary/aromatic N) is 3. The molecule has 4 rings (SSSR count). The normalized spacial score (nSPS) is 27.9. The van der Waals surface area contributed by atoms with Crippen LogP contribution in [0.5, 0.6) is 0 Å². The molecule has 0 radical (unpaired) electrons. The van der Waals surface area contributed by atoms with Crippen LogP contribution in [-0.2, 0) is 0 Å². The van der Waals surface area contributed by atoms with Gasteiger partial charge in [0.15, 0.2) is 0 Å². The summed E-state index contributed by atoms with van der Waals surface area (Å²) in [6, 6.07) is 4.31. The molecule has 1 atom stereocenters. The van der Waals surface area contributed by atoms with Crippen molar-refractivity contribution >= 4 is 27.2 Å². The van der Waals surface area contributed by atoms with Crippen LogP contribution in [0.15, 0.2) is 23.7 Å². The lowest BCUT2D eigenvalue weighted by Crippen LogP contribution is -2.29. The maximum absolute atomic E-state index is 4.45. The fourth-order valence-electron chi connectivity index (χ4n) is 3.74. The van der Waals surface area contributed by atoms with E-state index in [0.717, 1.165) is 5.52 Å². The fraction of sp³-hybridized carbons (Fsp3) is 0.533. The molecule has 2 aromatic rings. The van der Waals surface area contributed by atoms with E-state index in [2.05, 4.69) is 39.3 Å². The number of hydrogen-bond acceptors (Lipinski definition) is 4. The molecular weight excluding hydrogens is 254 g/mol. The van der Waals surface area contributed by atoms with E-state index in [-0.39, 0.29) is 0 Å². The third-order valence-electron chi connectivity index (χ3n) is 4.73. The Morgan fingerprint density at radius 1 is 1.21 bits per heavy atom.